The molecule has 2 amide bonds. The van der Waals surface area contributed by atoms with E-state index in [4.69, 9.17) is 4.74 Å². The Morgan fingerprint density at radius 3 is 2.00 bits per heavy atom. The van der Waals surface area contributed by atoms with Crippen LogP contribution in [0.1, 0.15) is 61.8 Å². The number of ether oxygens (including phenoxy) is 1. The monoisotopic (exact) mass is 470 g/mol. The Kier molecular flexibility index (Phi) is 7.54. The smallest absolute Gasteiger partial charge is 0.407 e. The van der Waals surface area contributed by atoms with Crippen LogP contribution in [0.15, 0.2) is 72.8 Å². The van der Waals surface area contributed by atoms with Crippen molar-refractivity contribution in [2.45, 2.75) is 58.1 Å². The van der Waals surface area contributed by atoms with E-state index in [0.717, 1.165) is 17.5 Å². The number of nitrogens with one attached hydrogen (secondary N) is 2. The Morgan fingerprint density at radius 1 is 0.800 bits per heavy atom. The van der Waals surface area contributed by atoms with Crippen LogP contribution in [-0.2, 0) is 22.5 Å². The zero-order valence-corrected chi connectivity index (χ0v) is 20.8. The van der Waals surface area contributed by atoms with Crippen LogP contribution < -0.4 is 10.6 Å². The third kappa shape index (κ3) is 6.30. The van der Waals surface area contributed by atoms with Crippen molar-refractivity contribution in [3.05, 3.63) is 95.1 Å². The van der Waals surface area contributed by atoms with Gasteiger partial charge in [-0.05, 0) is 67.0 Å². The molecule has 0 fully saturated rings. The van der Waals surface area contributed by atoms with E-state index in [9.17, 15) is 9.59 Å². The van der Waals surface area contributed by atoms with E-state index in [1.807, 2.05) is 45.0 Å². The number of alkyl carbamates (subject to hydrolysis) is 1. The lowest BCUT2D eigenvalue weighted by molar-refractivity contribution is -0.121. The zero-order valence-electron chi connectivity index (χ0n) is 20.8. The maximum absolute atomic E-state index is 12.7. The molecule has 182 valence electrons. The van der Waals surface area contributed by atoms with E-state index in [-0.39, 0.29) is 11.8 Å². The third-order valence-corrected chi connectivity index (χ3v) is 6.28. The first-order chi connectivity index (χ1) is 16.8. The fraction of sp³-hybridized carbons (Fsp3) is 0.333. The van der Waals surface area contributed by atoms with Gasteiger partial charge in [0.05, 0.1) is 0 Å². The van der Waals surface area contributed by atoms with Gasteiger partial charge in [-0.3, -0.25) is 4.79 Å². The van der Waals surface area contributed by atoms with Crippen molar-refractivity contribution in [2.24, 2.45) is 0 Å². The van der Waals surface area contributed by atoms with Crippen LogP contribution >= 0.6 is 0 Å². The number of carbonyl (C=O) groups excluding carboxylic acids is 2. The molecule has 0 aliphatic heterocycles. The van der Waals surface area contributed by atoms with Gasteiger partial charge in [-0.25, -0.2) is 4.79 Å². The normalized spacial score (nSPS) is 12.5. The van der Waals surface area contributed by atoms with Crippen LogP contribution in [0.5, 0.6) is 0 Å². The second-order valence-corrected chi connectivity index (χ2v) is 9.99. The molecule has 5 heteroatoms. The summed E-state index contributed by atoms with van der Waals surface area (Å²) in [5, 5.41) is 5.89. The lowest BCUT2D eigenvalue weighted by atomic mass is 9.92. The Labute approximate surface area is 207 Å². The predicted molar refractivity (Wildman–Crippen MR) is 139 cm³/mol. The molecule has 0 saturated carbocycles. The van der Waals surface area contributed by atoms with Crippen LogP contribution in [-0.4, -0.2) is 24.1 Å². The molecule has 1 aliphatic carbocycles. The van der Waals surface area contributed by atoms with Crippen LogP contribution in [0.2, 0.25) is 0 Å². The van der Waals surface area contributed by atoms with Crippen LogP contribution in [0.25, 0.3) is 11.1 Å². The summed E-state index contributed by atoms with van der Waals surface area (Å²) in [4.78, 5) is 24.7. The molecule has 3 aromatic rings. The summed E-state index contributed by atoms with van der Waals surface area (Å²) in [6.07, 6.45) is 1.54. The van der Waals surface area contributed by atoms with Crippen molar-refractivity contribution in [3.63, 3.8) is 0 Å². The number of fused-ring (bicyclic) bond motifs is 3. The first-order valence-corrected chi connectivity index (χ1v) is 12.3. The molecule has 0 heterocycles. The number of amides is 2. The van der Waals surface area contributed by atoms with E-state index in [2.05, 4.69) is 59.2 Å². The second kappa shape index (κ2) is 10.8. The van der Waals surface area contributed by atoms with Crippen LogP contribution in [0.4, 0.5) is 4.79 Å². The van der Waals surface area contributed by atoms with Gasteiger partial charge in [0, 0.05) is 25.4 Å². The van der Waals surface area contributed by atoms with Crippen molar-refractivity contribution in [1.29, 1.82) is 0 Å². The van der Waals surface area contributed by atoms with E-state index < -0.39 is 11.7 Å². The Balaban J connectivity index is 1.27. The average Bonchev–Trinajstić information content (AvgIpc) is 3.15. The molecule has 35 heavy (non-hydrogen) atoms. The van der Waals surface area contributed by atoms with Crippen molar-refractivity contribution in [1.82, 2.24) is 10.6 Å². The first-order valence-electron chi connectivity index (χ1n) is 12.3. The standard InChI is InChI=1S/C30H34N2O3/c1-30(2,3)35-29(34)32-20-22-11-5-4-10-21(22)18-19-31-28(33)17-16-27-25-14-8-6-12-23(25)24-13-7-9-15-26(24)27/h4-15,27H,16-20H2,1-3H3,(H,31,33)(H,32,34). The maximum atomic E-state index is 12.7. The van der Waals surface area contributed by atoms with Crippen molar-refractivity contribution in [2.75, 3.05) is 6.54 Å². The molecule has 0 unspecified atom stereocenters. The summed E-state index contributed by atoms with van der Waals surface area (Å²) >= 11 is 0. The zero-order chi connectivity index (χ0) is 24.8. The van der Waals surface area contributed by atoms with Crippen LogP contribution in [0.3, 0.4) is 0 Å². The first kappa shape index (κ1) is 24.5. The molecule has 2 N–H and O–H groups in total. The molecular formula is C30H34N2O3. The summed E-state index contributed by atoms with van der Waals surface area (Å²) in [5.41, 5.74) is 6.78. The number of hydrogen-bond acceptors (Lipinski definition) is 3. The largest absolute Gasteiger partial charge is 0.444 e. The van der Waals surface area contributed by atoms with Gasteiger partial charge in [-0.15, -0.1) is 0 Å². The molecule has 0 spiro atoms. The number of carbonyl (C=O) groups is 2. The van der Waals surface area contributed by atoms with Gasteiger partial charge in [0.1, 0.15) is 5.60 Å². The third-order valence-electron chi connectivity index (χ3n) is 6.28. The second-order valence-electron chi connectivity index (χ2n) is 9.99. The predicted octanol–water partition coefficient (Wildman–Crippen LogP) is 5.96. The van der Waals surface area contributed by atoms with Gasteiger partial charge in [0.2, 0.25) is 5.91 Å². The van der Waals surface area contributed by atoms with Gasteiger partial charge in [-0.1, -0.05) is 72.8 Å². The molecule has 3 aromatic carbocycles. The summed E-state index contributed by atoms with van der Waals surface area (Å²) in [5.74, 6) is 0.323. The molecule has 0 radical (unpaired) electrons. The van der Waals surface area contributed by atoms with Gasteiger partial charge in [-0.2, -0.15) is 0 Å². The van der Waals surface area contributed by atoms with Gasteiger partial charge in [0.15, 0.2) is 0 Å². The SMILES string of the molecule is CC(C)(C)OC(=O)NCc1ccccc1CCNC(=O)CCC1c2ccccc2-c2ccccc21. The summed E-state index contributed by atoms with van der Waals surface area (Å²) < 4.78 is 5.32. The summed E-state index contributed by atoms with van der Waals surface area (Å²) in [6.45, 7) is 6.47. The van der Waals surface area contributed by atoms with E-state index in [1.165, 1.54) is 22.3 Å². The van der Waals surface area contributed by atoms with Gasteiger partial charge in [0.25, 0.3) is 0 Å². The lowest BCUT2D eigenvalue weighted by Gasteiger charge is -2.20. The van der Waals surface area contributed by atoms with Gasteiger partial charge < -0.3 is 15.4 Å². The van der Waals surface area contributed by atoms with E-state index in [0.29, 0.717) is 25.9 Å². The van der Waals surface area contributed by atoms with E-state index in [1.54, 1.807) is 0 Å². The average molecular weight is 471 g/mol. The molecular weight excluding hydrogens is 436 g/mol. The van der Waals surface area contributed by atoms with Gasteiger partial charge >= 0.3 is 6.09 Å². The quantitative estimate of drug-likeness (QED) is 0.427. The molecule has 0 saturated heterocycles. The minimum Gasteiger partial charge on any atom is -0.444 e. The van der Waals surface area contributed by atoms with Crippen LogP contribution in [0, 0.1) is 0 Å². The highest BCUT2D eigenvalue weighted by atomic mass is 16.6. The highest BCUT2D eigenvalue weighted by molar-refractivity contribution is 5.80. The highest BCUT2D eigenvalue weighted by Crippen LogP contribution is 2.46. The fourth-order valence-corrected chi connectivity index (χ4v) is 4.73. The number of rotatable bonds is 8. The van der Waals surface area contributed by atoms with Crippen molar-refractivity contribution < 1.29 is 14.3 Å². The topological polar surface area (TPSA) is 67.4 Å². The van der Waals surface area contributed by atoms with E-state index >= 15 is 0 Å². The molecule has 0 atom stereocenters. The minimum atomic E-state index is -0.531. The van der Waals surface area contributed by atoms with Crippen molar-refractivity contribution >= 4 is 12.0 Å². The molecule has 1 aliphatic rings. The Hall–Kier alpha value is -3.60. The molecule has 5 nitrogen and oxygen atoms in total. The van der Waals surface area contributed by atoms with Crippen molar-refractivity contribution in [3.8, 4) is 11.1 Å². The molecule has 0 bridgehead atoms. The number of hydrogen-bond donors (Lipinski definition) is 2. The Morgan fingerprint density at radius 2 is 1.37 bits per heavy atom. The molecule has 0 aromatic heterocycles. The summed E-state index contributed by atoms with van der Waals surface area (Å²) in [7, 11) is 0. The minimum absolute atomic E-state index is 0.0659. The number of benzene rings is 3. The lowest BCUT2D eigenvalue weighted by Crippen LogP contribution is -2.32. The maximum Gasteiger partial charge on any atom is 0.407 e. The highest BCUT2D eigenvalue weighted by Gasteiger charge is 2.28. The Bertz CT molecular complexity index is 1150. The fourth-order valence-electron chi connectivity index (χ4n) is 4.73. The summed E-state index contributed by atoms with van der Waals surface area (Å²) in [6, 6.07) is 25.0. The molecule has 4 rings (SSSR count).